The van der Waals surface area contributed by atoms with E-state index in [1.54, 1.807) is 12.1 Å². The normalized spacial score (nSPS) is 10.4. The topological polar surface area (TPSA) is 47.6 Å². The van der Waals surface area contributed by atoms with Gasteiger partial charge in [0.05, 0.1) is 5.69 Å². The summed E-state index contributed by atoms with van der Waals surface area (Å²) in [5, 5.41) is 2.36. The molecular formula is C15H12F3NO3. The Kier molecular flexibility index (Phi) is 5.24. The lowest BCUT2D eigenvalue weighted by atomic mass is 10.3. The smallest absolute Gasteiger partial charge is 0.387 e. The summed E-state index contributed by atoms with van der Waals surface area (Å²) in [5.74, 6) is -1.48. The highest BCUT2D eigenvalue weighted by molar-refractivity contribution is 5.93. The first-order valence-corrected chi connectivity index (χ1v) is 6.27. The molecule has 0 saturated carbocycles. The van der Waals surface area contributed by atoms with Crippen LogP contribution in [0.25, 0.3) is 0 Å². The zero-order valence-electron chi connectivity index (χ0n) is 11.3. The molecule has 0 aromatic heterocycles. The van der Waals surface area contributed by atoms with E-state index in [-0.39, 0.29) is 17.2 Å². The molecule has 7 heteroatoms. The molecule has 0 aliphatic rings. The first-order valence-electron chi connectivity index (χ1n) is 6.27. The maximum absolute atomic E-state index is 13.3. The molecule has 0 heterocycles. The Labute approximate surface area is 124 Å². The maximum Gasteiger partial charge on any atom is 0.387 e. The molecule has 0 aliphatic carbocycles. The highest BCUT2D eigenvalue weighted by Crippen LogP contribution is 2.25. The van der Waals surface area contributed by atoms with E-state index in [1.165, 1.54) is 36.4 Å². The second-order valence-corrected chi connectivity index (χ2v) is 4.14. The summed E-state index contributed by atoms with van der Waals surface area (Å²) in [6.45, 7) is -3.48. The predicted octanol–water partition coefficient (Wildman–Crippen LogP) is 3.44. The molecule has 22 heavy (non-hydrogen) atoms. The molecule has 1 N–H and O–H groups in total. The molecule has 2 aromatic rings. The van der Waals surface area contributed by atoms with Gasteiger partial charge in [-0.25, -0.2) is 4.39 Å². The van der Waals surface area contributed by atoms with Gasteiger partial charge in [-0.2, -0.15) is 8.78 Å². The van der Waals surface area contributed by atoms with Crippen LogP contribution in [0.2, 0.25) is 0 Å². The minimum absolute atomic E-state index is 0.0740. The van der Waals surface area contributed by atoms with E-state index < -0.39 is 24.9 Å². The minimum Gasteiger partial charge on any atom is -0.481 e. The van der Waals surface area contributed by atoms with Crippen molar-refractivity contribution in [1.29, 1.82) is 0 Å². The third-order valence-corrected chi connectivity index (χ3v) is 2.57. The number of hydrogen-bond acceptors (Lipinski definition) is 3. The lowest BCUT2D eigenvalue weighted by molar-refractivity contribution is -0.118. The number of rotatable bonds is 6. The van der Waals surface area contributed by atoms with E-state index in [2.05, 4.69) is 10.1 Å². The Balaban J connectivity index is 1.96. The second-order valence-electron chi connectivity index (χ2n) is 4.14. The number of carbonyl (C=O) groups excluding carboxylic acids is 1. The molecule has 2 rings (SSSR count). The first-order chi connectivity index (χ1) is 10.6. The van der Waals surface area contributed by atoms with Gasteiger partial charge in [-0.1, -0.05) is 24.3 Å². The van der Waals surface area contributed by atoms with Crippen LogP contribution in [-0.2, 0) is 4.79 Å². The van der Waals surface area contributed by atoms with E-state index in [0.29, 0.717) is 0 Å². The molecular weight excluding hydrogens is 299 g/mol. The third-order valence-electron chi connectivity index (χ3n) is 2.57. The number of benzene rings is 2. The molecule has 116 valence electrons. The number of para-hydroxylation sites is 3. The molecule has 0 spiro atoms. The number of carbonyl (C=O) groups is 1. The van der Waals surface area contributed by atoms with Crippen LogP contribution in [0.1, 0.15) is 0 Å². The maximum atomic E-state index is 13.3. The largest absolute Gasteiger partial charge is 0.481 e. The van der Waals surface area contributed by atoms with Crippen molar-refractivity contribution in [2.75, 3.05) is 11.9 Å². The molecule has 0 unspecified atom stereocenters. The fraction of sp³-hybridized carbons (Fsp3) is 0.133. The van der Waals surface area contributed by atoms with Gasteiger partial charge >= 0.3 is 6.61 Å². The van der Waals surface area contributed by atoms with Gasteiger partial charge in [-0.05, 0) is 24.3 Å². The van der Waals surface area contributed by atoms with Crippen molar-refractivity contribution < 1.29 is 27.4 Å². The number of alkyl halides is 2. The van der Waals surface area contributed by atoms with Crippen LogP contribution in [0.15, 0.2) is 48.5 Å². The average Bonchev–Trinajstić information content (AvgIpc) is 2.48. The molecule has 2 aromatic carbocycles. The summed E-state index contributed by atoms with van der Waals surface area (Å²) in [6.07, 6.45) is 0. The van der Waals surface area contributed by atoms with Gasteiger partial charge in [0.1, 0.15) is 5.75 Å². The van der Waals surface area contributed by atoms with Crippen molar-refractivity contribution in [2.45, 2.75) is 6.61 Å². The van der Waals surface area contributed by atoms with Crippen molar-refractivity contribution in [3.63, 3.8) is 0 Å². The monoisotopic (exact) mass is 311 g/mol. The number of anilines is 1. The summed E-state index contributed by atoms with van der Waals surface area (Å²) >= 11 is 0. The molecule has 0 bridgehead atoms. The second kappa shape index (κ2) is 7.35. The van der Waals surface area contributed by atoms with Crippen molar-refractivity contribution >= 4 is 11.6 Å². The zero-order valence-corrected chi connectivity index (χ0v) is 11.3. The van der Waals surface area contributed by atoms with Crippen LogP contribution in [0.4, 0.5) is 18.9 Å². The highest BCUT2D eigenvalue weighted by atomic mass is 19.3. The molecule has 0 atom stereocenters. The van der Waals surface area contributed by atoms with E-state index in [9.17, 15) is 18.0 Å². The SMILES string of the molecule is O=C(COc1ccccc1F)Nc1ccccc1OC(F)F. The van der Waals surface area contributed by atoms with Crippen LogP contribution in [0.5, 0.6) is 11.5 Å². The molecule has 4 nitrogen and oxygen atoms in total. The minimum atomic E-state index is -3.01. The summed E-state index contributed by atoms with van der Waals surface area (Å²) in [6, 6.07) is 11.3. The van der Waals surface area contributed by atoms with Crippen LogP contribution in [-0.4, -0.2) is 19.1 Å². The van der Waals surface area contributed by atoms with Gasteiger partial charge in [-0.3, -0.25) is 4.79 Å². The lowest BCUT2D eigenvalue weighted by Gasteiger charge is -2.12. The van der Waals surface area contributed by atoms with Gasteiger partial charge in [-0.15, -0.1) is 0 Å². The van der Waals surface area contributed by atoms with E-state index in [1.807, 2.05) is 0 Å². The van der Waals surface area contributed by atoms with Crippen LogP contribution < -0.4 is 14.8 Å². The van der Waals surface area contributed by atoms with Gasteiger partial charge in [0.2, 0.25) is 0 Å². The number of nitrogens with one attached hydrogen (secondary N) is 1. The van der Waals surface area contributed by atoms with E-state index >= 15 is 0 Å². The van der Waals surface area contributed by atoms with Crippen molar-refractivity contribution in [1.82, 2.24) is 0 Å². The van der Waals surface area contributed by atoms with Crippen molar-refractivity contribution in [3.8, 4) is 11.5 Å². The van der Waals surface area contributed by atoms with Crippen LogP contribution >= 0.6 is 0 Å². The summed E-state index contributed by atoms with van der Waals surface area (Å²) in [7, 11) is 0. The number of hydrogen-bond donors (Lipinski definition) is 1. The van der Waals surface area contributed by atoms with Gasteiger partial charge < -0.3 is 14.8 Å². The van der Waals surface area contributed by atoms with Gasteiger partial charge in [0, 0.05) is 0 Å². The Morgan fingerprint density at radius 2 is 1.68 bits per heavy atom. The molecule has 0 radical (unpaired) electrons. The first kappa shape index (κ1) is 15.7. The Hall–Kier alpha value is -2.70. The Morgan fingerprint density at radius 3 is 2.36 bits per heavy atom. The zero-order chi connectivity index (χ0) is 15.9. The van der Waals surface area contributed by atoms with Crippen molar-refractivity contribution in [3.05, 3.63) is 54.3 Å². The number of amides is 1. The third kappa shape index (κ3) is 4.41. The number of ether oxygens (including phenoxy) is 2. The molecule has 0 aliphatic heterocycles. The van der Waals surface area contributed by atoms with E-state index in [4.69, 9.17) is 4.74 Å². The average molecular weight is 311 g/mol. The van der Waals surface area contributed by atoms with Crippen LogP contribution in [0, 0.1) is 5.82 Å². The summed E-state index contributed by atoms with van der Waals surface area (Å²) < 4.78 is 47.1. The fourth-order valence-electron chi connectivity index (χ4n) is 1.66. The summed E-state index contributed by atoms with van der Waals surface area (Å²) in [5.41, 5.74) is 0.0740. The fourth-order valence-corrected chi connectivity index (χ4v) is 1.66. The molecule has 0 saturated heterocycles. The van der Waals surface area contributed by atoms with Crippen LogP contribution in [0.3, 0.4) is 0 Å². The molecule has 0 fully saturated rings. The van der Waals surface area contributed by atoms with E-state index in [0.717, 1.165) is 0 Å². The van der Waals surface area contributed by atoms with Gasteiger partial charge in [0.15, 0.2) is 18.2 Å². The molecule has 1 amide bonds. The van der Waals surface area contributed by atoms with Gasteiger partial charge in [0.25, 0.3) is 5.91 Å². The highest BCUT2D eigenvalue weighted by Gasteiger charge is 2.12. The summed E-state index contributed by atoms with van der Waals surface area (Å²) in [4.78, 5) is 11.7. The quantitative estimate of drug-likeness (QED) is 0.889. The Bertz CT molecular complexity index is 649. The standard InChI is InChI=1S/C15H12F3NO3/c16-10-5-1-3-7-12(10)21-9-14(20)19-11-6-2-4-8-13(11)22-15(17)18/h1-8,15H,9H2,(H,19,20). The van der Waals surface area contributed by atoms with Crippen molar-refractivity contribution in [2.24, 2.45) is 0 Å². The predicted molar refractivity (Wildman–Crippen MR) is 73.6 cm³/mol. The Morgan fingerprint density at radius 1 is 1.05 bits per heavy atom. The lowest BCUT2D eigenvalue weighted by Crippen LogP contribution is -2.21. The number of halogens is 3.